The number of ether oxygens (including phenoxy) is 2. The normalized spacial score (nSPS) is 23.3. The Morgan fingerprint density at radius 2 is 1.64 bits per heavy atom. The van der Waals surface area contributed by atoms with Crippen molar-refractivity contribution in [3.8, 4) is 23.0 Å². The van der Waals surface area contributed by atoms with Crippen LogP contribution in [0, 0.1) is 0 Å². The zero-order chi connectivity index (χ0) is 23.0. The fraction of sp³-hybridized carbons (Fsp3) is 0.167. The number of fused-ring (bicyclic) bond motifs is 5. The second-order valence-electron chi connectivity index (χ2n) is 8.11. The summed E-state index contributed by atoms with van der Waals surface area (Å²) in [6.45, 7) is 0. The average molecular weight is 464 g/mol. The molecule has 2 heterocycles. The van der Waals surface area contributed by atoms with Crippen LogP contribution in [-0.4, -0.2) is 42.8 Å². The number of carbonyl (C=O) groups is 2. The summed E-state index contributed by atoms with van der Waals surface area (Å²) >= 11 is 0. The molecule has 1 fully saturated rings. The van der Waals surface area contributed by atoms with E-state index >= 15 is 0 Å². The van der Waals surface area contributed by atoms with Gasteiger partial charge >= 0.3 is 0 Å². The molecule has 3 aliphatic rings. The van der Waals surface area contributed by atoms with Gasteiger partial charge in [0.15, 0.2) is 5.78 Å². The molecule has 2 aliphatic heterocycles. The van der Waals surface area contributed by atoms with Gasteiger partial charge in [-0.05, 0) is 30.7 Å². The Morgan fingerprint density at radius 1 is 0.909 bits per heavy atom. The molecular weight excluding hydrogens is 448 g/mol. The molecule has 9 heteroatoms. The number of hydrogen-bond donors (Lipinski definition) is 3. The molecule has 0 spiro atoms. The van der Waals surface area contributed by atoms with Gasteiger partial charge in [0.05, 0.1) is 27.8 Å². The lowest BCUT2D eigenvalue weighted by Gasteiger charge is -2.21. The second-order valence-corrected chi connectivity index (χ2v) is 9.70. The first-order valence-electron chi connectivity index (χ1n) is 10.2. The van der Waals surface area contributed by atoms with Gasteiger partial charge in [0.25, 0.3) is 0 Å². The van der Waals surface area contributed by atoms with Crippen molar-refractivity contribution in [2.75, 3.05) is 0 Å². The Bertz CT molecular complexity index is 1400. The lowest BCUT2D eigenvalue weighted by Crippen LogP contribution is -2.22. The summed E-state index contributed by atoms with van der Waals surface area (Å²) < 4.78 is 24.6. The van der Waals surface area contributed by atoms with E-state index in [9.17, 15) is 29.1 Å². The number of ketones is 2. The van der Waals surface area contributed by atoms with E-state index in [0.29, 0.717) is 10.5 Å². The molecule has 33 heavy (non-hydrogen) atoms. The van der Waals surface area contributed by atoms with Gasteiger partial charge in [0.2, 0.25) is 12.1 Å². The van der Waals surface area contributed by atoms with E-state index in [0.717, 1.165) is 12.1 Å². The highest BCUT2D eigenvalue weighted by Gasteiger charge is 2.50. The molecule has 1 saturated heterocycles. The van der Waals surface area contributed by atoms with Crippen LogP contribution in [0.15, 0.2) is 53.4 Å². The van der Waals surface area contributed by atoms with Gasteiger partial charge in [0.1, 0.15) is 28.4 Å². The minimum absolute atomic E-state index is 0.0851. The zero-order valence-corrected chi connectivity index (χ0v) is 17.7. The first kappa shape index (κ1) is 20.0. The average Bonchev–Trinajstić information content (AvgIpc) is 3.34. The van der Waals surface area contributed by atoms with E-state index in [1.807, 2.05) is 6.07 Å². The first-order valence-corrected chi connectivity index (χ1v) is 11.4. The van der Waals surface area contributed by atoms with Crippen LogP contribution >= 0.6 is 0 Å². The van der Waals surface area contributed by atoms with Gasteiger partial charge in [-0.2, -0.15) is 0 Å². The standard InChI is InChI=1S/C24H16O8S/c25-10-6-12-18(15(26)7-10)22(28)20-13(21(12)27)8-16-19(23(20)29)14-9-17(32-24(14)31-16)33(30)11-4-2-1-3-5-11/h1-8,14,17,24-26,29H,9H2/t14-,17-,24-,33?/m0/s1. The fourth-order valence-electron chi connectivity index (χ4n) is 4.78. The summed E-state index contributed by atoms with van der Waals surface area (Å²) in [7, 11) is -1.46. The minimum Gasteiger partial charge on any atom is -0.508 e. The van der Waals surface area contributed by atoms with Gasteiger partial charge in [-0.1, -0.05) is 18.2 Å². The maximum atomic E-state index is 13.2. The third-order valence-corrected chi connectivity index (χ3v) is 7.75. The third kappa shape index (κ3) is 2.76. The number of carbonyl (C=O) groups excluding carboxylic acids is 2. The minimum atomic E-state index is -1.46. The molecule has 3 aromatic carbocycles. The number of hydrogen-bond acceptors (Lipinski definition) is 8. The zero-order valence-electron chi connectivity index (χ0n) is 16.8. The monoisotopic (exact) mass is 464 g/mol. The predicted octanol–water partition coefficient (Wildman–Crippen LogP) is 2.94. The topological polar surface area (TPSA) is 130 Å². The van der Waals surface area contributed by atoms with E-state index in [-0.39, 0.29) is 40.2 Å². The molecular formula is C24H16O8S. The maximum absolute atomic E-state index is 13.2. The van der Waals surface area contributed by atoms with Crippen LogP contribution in [0.2, 0.25) is 0 Å². The van der Waals surface area contributed by atoms with Crippen molar-refractivity contribution in [3.05, 3.63) is 76.3 Å². The van der Waals surface area contributed by atoms with Crippen molar-refractivity contribution in [1.82, 2.24) is 0 Å². The molecule has 0 radical (unpaired) electrons. The molecule has 4 atom stereocenters. The van der Waals surface area contributed by atoms with Crippen LogP contribution < -0.4 is 4.74 Å². The SMILES string of the molecule is O=C1c2cc(O)cc(O)c2C(=O)c2c1cc1c(c2O)[C@@H]2C[C@H](S(=O)c3ccccc3)O[C@@H]2O1. The van der Waals surface area contributed by atoms with Crippen molar-refractivity contribution in [2.45, 2.75) is 29.0 Å². The largest absolute Gasteiger partial charge is 0.508 e. The summed E-state index contributed by atoms with van der Waals surface area (Å²) in [6, 6.07) is 12.3. The molecule has 0 saturated carbocycles. The molecule has 1 unspecified atom stereocenters. The lowest BCUT2D eigenvalue weighted by atomic mass is 9.80. The number of phenolic OH excluding ortho intramolecular Hbond substituents is 3. The van der Waals surface area contributed by atoms with E-state index in [2.05, 4.69) is 0 Å². The van der Waals surface area contributed by atoms with Crippen molar-refractivity contribution >= 4 is 22.4 Å². The van der Waals surface area contributed by atoms with E-state index < -0.39 is 51.5 Å². The smallest absolute Gasteiger partial charge is 0.208 e. The number of aromatic hydroxyl groups is 3. The van der Waals surface area contributed by atoms with Gasteiger partial charge < -0.3 is 24.8 Å². The first-order chi connectivity index (χ1) is 15.8. The van der Waals surface area contributed by atoms with Gasteiger partial charge in [-0.25, -0.2) is 0 Å². The molecule has 3 N–H and O–H groups in total. The van der Waals surface area contributed by atoms with Crippen LogP contribution in [0.25, 0.3) is 0 Å². The number of phenols is 3. The highest BCUT2D eigenvalue weighted by molar-refractivity contribution is 7.85. The Morgan fingerprint density at radius 3 is 2.39 bits per heavy atom. The van der Waals surface area contributed by atoms with E-state index in [4.69, 9.17) is 9.47 Å². The van der Waals surface area contributed by atoms with Crippen molar-refractivity contribution in [3.63, 3.8) is 0 Å². The van der Waals surface area contributed by atoms with Crippen LogP contribution in [0.3, 0.4) is 0 Å². The quantitative estimate of drug-likeness (QED) is 0.413. The summed E-state index contributed by atoms with van der Waals surface area (Å²) in [6.07, 6.45) is -0.541. The molecule has 3 aromatic rings. The highest BCUT2D eigenvalue weighted by Crippen LogP contribution is 2.54. The maximum Gasteiger partial charge on any atom is 0.208 e. The van der Waals surface area contributed by atoms with Crippen LogP contribution in [0.1, 0.15) is 49.7 Å². The molecule has 6 rings (SSSR count). The van der Waals surface area contributed by atoms with Crippen molar-refractivity contribution in [1.29, 1.82) is 0 Å². The summed E-state index contributed by atoms with van der Waals surface area (Å²) in [5.41, 5.74) is -1.11. The lowest BCUT2D eigenvalue weighted by molar-refractivity contribution is -0.0448. The second kappa shape index (κ2) is 6.90. The Labute approximate surface area is 189 Å². The molecule has 0 aromatic heterocycles. The molecule has 1 aliphatic carbocycles. The molecule has 166 valence electrons. The van der Waals surface area contributed by atoms with Crippen molar-refractivity contribution < 1.29 is 38.6 Å². The van der Waals surface area contributed by atoms with E-state index in [1.165, 1.54) is 6.07 Å². The van der Waals surface area contributed by atoms with Gasteiger partial charge in [-0.3, -0.25) is 13.8 Å². The van der Waals surface area contributed by atoms with Gasteiger partial charge in [-0.15, -0.1) is 0 Å². The predicted molar refractivity (Wildman–Crippen MR) is 114 cm³/mol. The van der Waals surface area contributed by atoms with Crippen LogP contribution in [0.4, 0.5) is 0 Å². The van der Waals surface area contributed by atoms with Crippen LogP contribution in [0.5, 0.6) is 23.0 Å². The summed E-state index contributed by atoms with van der Waals surface area (Å²) in [5.74, 6) is -2.97. The number of benzene rings is 3. The Hall–Kier alpha value is -3.69. The Kier molecular flexibility index (Phi) is 4.17. The van der Waals surface area contributed by atoms with E-state index in [1.54, 1.807) is 24.3 Å². The van der Waals surface area contributed by atoms with Crippen LogP contribution in [-0.2, 0) is 15.5 Å². The summed E-state index contributed by atoms with van der Waals surface area (Å²) in [5, 5.41) is 31.0. The van der Waals surface area contributed by atoms with Gasteiger partial charge in [0, 0.05) is 27.7 Å². The Balaban J connectivity index is 1.41. The summed E-state index contributed by atoms with van der Waals surface area (Å²) in [4.78, 5) is 26.8. The molecule has 0 amide bonds. The van der Waals surface area contributed by atoms with Crippen molar-refractivity contribution in [2.24, 2.45) is 0 Å². The number of rotatable bonds is 2. The highest BCUT2D eigenvalue weighted by atomic mass is 32.2. The fourth-order valence-corrected chi connectivity index (χ4v) is 6.10. The molecule has 0 bridgehead atoms. The molecule has 8 nitrogen and oxygen atoms in total. The third-order valence-electron chi connectivity index (χ3n) is 6.24.